The minimum absolute atomic E-state index is 0.752. The molecule has 0 aliphatic heterocycles. The first kappa shape index (κ1) is 11.3. The molecule has 0 spiro atoms. The number of rotatable bonds is 3. The first-order valence-corrected chi connectivity index (χ1v) is 5.51. The number of aryl methyl sites for hydroxylation is 2. The number of nitrogens with one attached hydrogen (secondary N) is 2. The third-order valence-electron chi connectivity index (χ3n) is 2.78. The van der Waals surface area contributed by atoms with Crippen molar-refractivity contribution in [3.8, 4) is 12.3 Å². The standard InChI is InChI=1S/C14H15N3/c1-4-12-6-5-7-13(8-12)15-9-14-10(2)16-17-11(14)3/h1,5-8,15H,9H2,2-3H3,(H,16,17). The smallest absolute Gasteiger partial charge is 0.0643 e. The Hall–Kier alpha value is -2.21. The molecule has 0 saturated heterocycles. The average molecular weight is 225 g/mol. The summed E-state index contributed by atoms with van der Waals surface area (Å²) < 4.78 is 0. The Balaban J connectivity index is 2.10. The summed E-state index contributed by atoms with van der Waals surface area (Å²) in [5.74, 6) is 2.62. The molecule has 0 bridgehead atoms. The van der Waals surface area contributed by atoms with Gasteiger partial charge in [-0.15, -0.1) is 6.42 Å². The molecule has 2 aromatic rings. The normalized spacial score (nSPS) is 9.94. The predicted octanol–water partition coefficient (Wildman–Crippen LogP) is 2.62. The quantitative estimate of drug-likeness (QED) is 0.788. The number of H-pyrrole nitrogens is 1. The van der Waals surface area contributed by atoms with E-state index in [1.54, 1.807) is 0 Å². The third kappa shape index (κ3) is 2.48. The zero-order valence-electron chi connectivity index (χ0n) is 10.0. The Bertz CT molecular complexity index is 542. The van der Waals surface area contributed by atoms with Crippen LogP contribution in [0.1, 0.15) is 22.5 Å². The van der Waals surface area contributed by atoms with E-state index >= 15 is 0 Å². The van der Waals surface area contributed by atoms with Crippen molar-refractivity contribution in [2.75, 3.05) is 5.32 Å². The molecule has 3 heteroatoms. The van der Waals surface area contributed by atoms with Crippen molar-refractivity contribution in [2.24, 2.45) is 0 Å². The molecule has 1 heterocycles. The van der Waals surface area contributed by atoms with Crippen LogP contribution in [-0.4, -0.2) is 10.2 Å². The van der Waals surface area contributed by atoms with Crippen molar-refractivity contribution < 1.29 is 0 Å². The van der Waals surface area contributed by atoms with Crippen LogP contribution in [-0.2, 0) is 6.54 Å². The average Bonchev–Trinajstić information content (AvgIpc) is 2.67. The fourth-order valence-electron chi connectivity index (χ4n) is 1.74. The second kappa shape index (κ2) is 4.75. The van der Waals surface area contributed by atoms with Crippen LogP contribution >= 0.6 is 0 Å². The molecular formula is C14H15N3. The number of aromatic amines is 1. The molecule has 0 aliphatic carbocycles. The van der Waals surface area contributed by atoms with Crippen molar-refractivity contribution in [2.45, 2.75) is 20.4 Å². The van der Waals surface area contributed by atoms with E-state index in [0.717, 1.165) is 29.2 Å². The van der Waals surface area contributed by atoms with E-state index in [1.165, 1.54) is 5.56 Å². The highest BCUT2D eigenvalue weighted by molar-refractivity contribution is 5.50. The minimum atomic E-state index is 0.752. The number of hydrogen-bond acceptors (Lipinski definition) is 2. The molecule has 0 unspecified atom stereocenters. The molecule has 0 saturated carbocycles. The molecule has 0 aliphatic rings. The van der Waals surface area contributed by atoms with Gasteiger partial charge in [-0.1, -0.05) is 12.0 Å². The Morgan fingerprint density at radius 3 is 2.88 bits per heavy atom. The molecule has 2 rings (SSSR count). The van der Waals surface area contributed by atoms with E-state index in [2.05, 4.69) is 21.4 Å². The third-order valence-corrected chi connectivity index (χ3v) is 2.78. The monoisotopic (exact) mass is 225 g/mol. The van der Waals surface area contributed by atoms with E-state index in [0.29, 0.717) is 0 Å². The van der Waals surface area contributed by atoms with Gasteiger partial charge in [0.1, 0.15) is 0 Å². The highest BCUT2D eigenvalue weighted by Gasteiger charge is 2.05. The van der Waals surface area contributed by atoms with Crippen molar-refractivity contribution >= 4 is 5.69 Å². The fraction of sp³-hybridized carbons (Fsp3) is 0.214. The number of anilines is 1. The molecule has 0 amide bonds. The van der Waals surface area contributed by atoms with Gasteiger partial charge in [-0.05, 0) is 32.0 Å². The van der Waals surface area contributed by atoms with Gasteiger partial charge in [-0.25, -0.2) is 0 Å². The van der Waals surface area contributed by atoms with Gasteiger partial charge in [0, 0.05) is 29.1 Å². The van der Waals surface area contributed by atoms with Gasteiger partial charge < -0.3 is 5.32 Å². The lowest BCUT2D eigenvalue weighted by atomic mass is 10.1. The van der Waals surface area contributed by atoms with Gasteiger partial charge in [-0.3, -0.25) is 5.10 Å². The molecule has 0 atom stereocenters. The van der Waals surface area contributed by atoms with E-state index < -0.39 is 0 Å². The van der Waals surface area contributed by atoms with E-state index in [-0.39, 0.29) is 0 Å². The lowest BCUT2D eigenvalue weighted by Gasteiger charge is -2.07. The number of nitrogens with zero attached hydrogens (tertiary/aromatic N) is 1. The summed E-state index contributed by atoms with van der Waals surface area (Å²) in [6, 6.07) is 7.84. The molecule has 86 valence electrons. The predicted molar refractivity (Wildman–Crippen MR) is 69.8 cm³/mol. The van der Waals surface area contributed by atoms with Crippen LogP contribution in [0.2, 0.25) is 0 Å². The molecular weight excluding hydrogens is 210 g/mol. The summed E-state index contributed by atoms with van der Waals surface area (Å²) >= 11 is 0. The fourth-order valence-corrected chi connectivity index (χ4v) is 1.74. The van der Waals surface area contributed by atoms with Crippen molar-refractivity contribution in [3.05, 3.63) is 46.8 Å². The SMILES string of the molecule is C#Cc1cccc(NCc2c(C)n[nH]c2C)c1. The zero-order valence-corrected chi connectivity index (χ0v) is 10.0. The van der Waals surface area contributed by atoms with Gasteiger partial charge in [0.2, 0.25) is 0 Å². The number of hydrogen-bond donors (Lipinski definition) is 2. The van der Waals surface area contributed by atoms with Gasteiger partial charge in [0.25, 0.3) is 0 Å². The van der Waals surface area contributed by atoms with Crippen LogP contribution in [0.5, 0.6) is 0 Å². The summed E-state index contributed by atoms with van der Waals surface area (Å²) in [6.45, 7) is 4.77. The Morgan fingerprint density at radius 2 is 2.24 bits per heavy atom. The first-order chi connectivity index (χ1) is 8.20. The van der Waals surface area contributed by atoms with Crippen LogP contribution in [0, 0.1) is 26.2 Å². The summed E-state index contributed by atoms with van der Waals surface area (Å²) in [7, 11) is 0. The topological polar surface area (TPSA) is 40.7 Å². The maximum absolute atomic E-state index is 5.36. The molecule has 0 radical (unpaired) electrons. The Morgan fingerprint density at radius 1 is 1.41 bits per heavy atom. The van der Waals surface area contributed by atoms with Crippen LogP contribution in [0.25, 0.3) is 0 Å². The van der Waals surface area contributed by atoms with Crippen LogP contribution in [0.4, 0.5) is 5.69 Å². The maximum Gasteiger partial charge on any atom is 0.0643 e. The molecule has 1 aromatic carbocycles. The van der Waals surface area contributed by atoms with E-state index in [1.807, 2.05) is 38.1 Å². The van der Waals surface area contributed by atoms with Gasteiger partial charge in [0.05, 0.1) is 5.69 Å². The molecule has 2 N–H and O–H groups in total. The summed E-state index contributed by atoms with van der Waals surface area (Å²) in [6.07, 6.45) is 5.36. The largest absolute Gasteiger partial charge is 0.381 e. The van der Waals surface area contributed by atoms with Crippen LogP contribution in [0.3, 0.4) is 0 Å². The summed E-state index contributed by atoms with van der Waals surface area (Å²) in [4.78, 5) is 0. The zero-order chi connectivity index (χ0) is 12.3. The van der Waals surface area contributed by atoms with E-state index in [9.17, 15) is 0 Å². The maximum atomic E-state index is 5.36. The number of benzene rings is 1. The van der Waals surface area contributed by atoms with Crippen LogP contribution < -0.4 is 5.32 Å². The van der Waals surface area contributed by atoms with E-state index in [4.69, 9.17) is 6.42 Å². The molecule has 3 nitrogen and oxygen atoms in total. The second-order valence-corrected chi connectivity index (χ2v) is 3.99. The molecule has 17 heavy (non-hydrogen) atoms. The Kier molecular flexibility index (Phi) is 3.15. The summed E-state index contributed by atoms with van der Waals surface area (Å²) in [5, 5.41) is 10.5. The Labute approximate surface area is 101 Å². The molecule has 0 fully saturated rings. The van der Waals surface area contributed by atoms with Crippen molar-refractivity contribution in [1.29, 1.82) is 0 Å². The second-order valence-electron chi connectivity index (χ2n) is 3.99. The number of terminal acetylenes is 1. The lowest BCUT2D eigenvalue weighted by molar-refractivity contribution is 1.02. The summed E-state index contributed by atoms with van der Waals surface area (Å²) in [5.41, 5.74) is 5.25. The highest BCUT2D eigenvalue weighted by atomic mass is 15.1. The van der Waals surface area contributed by atoms with Gasteiger partial charge >= 0.3 is 0 Å². The highest BCUT2D eigenvalue weighted by Crippen LogP contribution is 2.14. The minimum Gasteiger partial charge on any atom is -0.381 e. The number of aromatic nitrogens is 2. The van der Waals surface area contributed by atoms with Crippen molar-refractivity contribution in [1.82, 2.24) is 10.2 Å². The lowest BCUT2D eigenvalue weighted by Crippen LogP contribution is -2.01. The van der Waals surface area contributed by atoms with Crippen molar-refractivity contribution in [3.63, 3.8) is 0 Å². The molecule has 1 aromatic heterocycles. The van der Waals surface area contributed by atoms with Crippen LogP contribution in [0.15, 0.2) is 24.3 Å². The first-order valence-electron chi connectivity index (χ1n) is 5.51. The van der Waals surface area contributed by atoms with Gasteiger partial charge in [-0.2, -0.15) is 5.10 Å². The van der Waals surface area contributed by atoms with Gasteiger partial charge in [0.15, 0.2) is 0 Å².